The van der Waals surface area contributed by atoms with E-state index in [9.17, 15) is 13.2 Å². The van der Waals surface area contributed by atoms with Gasteiger partial charge in [-0.2, -0.15) is 5.26 Å². The number of nitrogens with one attached hydrogen (secondary N) is 2. The second-order valence-electron chi connectivity index (χ2n) is 6.87. The van der Waals surface area contributed by atoms with E-state index in [-0.39, 0.29) is 17.3 Å². The van der Waals surface area contributed by atoms with Crippen molar-refractivity contribution >= 4 is 15.9 Å². The number of carbonyl (C=O) groups is 1. The fourth-order valence-electron chi connectivity index (χ4n) is 2.28. The van der Waals surface area contributed by atoms with Gasteiger partial charge in [0.15, 0.2) is 0 Å². The Hall–Kier alpha value is -2.69. The average molecular weight is 371 g/mol. The predicted octanol–water partition coefficient (Wildman–Crippen LogP) is 2.57. The lowest BCUT2D eigenvalue weighted by molar-refractivity contribution is 0.0951. The third kappa shape index (κ3) is 5.41. The number of nitriles is 1. The molecule has 0 unspecified atom stereocenters. The van der Waals surface area contributed by atoms with Gasteiger partial charge in [0, 0.05) is 17.6 Å². The molecule has 0 bridgehead atoms. The molecule has 26 heavy (non-hydrogen) atoms. The highest BCUT2D eigenvalue weighted by atomic mass is 32.2. The average Bonchev–Trinajstić information content (AvgIpc) is 2.58. The van der Waals surface area contributed by atoms with E-state index in [4.69, 9.17) is 5.26 Å². The van der Waals surface area contributed by atoms with E-state index in [1.54, 1.807) is 39.0 Å². The quantitative estimate of drug-likeness (QED) is 0.844. The van der Waals surface area contributed by atoms with Crippen LogP contribution >= 0.6 is 0 Å². The molecular weight excluding hydrogens is 350 g/mol. The highest BCUT2D eigenvalue weighted by Crippen LogP contribution is 2.14. The molecule has 2 aromatic rings. The van der Waals surface area contributed by atoms with Crippen molar-refractivity contribution < 1.29 is 13.2 Å². The molecule has 0 saturated carbocycles. The van der Waals surface area contributed by atoms with Gasteiger partial charge < -0.3 is 5.32 Å². The van der Waals surface area contributed by atoms with Crippen LogP contribution in [-0.4, -0.2) is 19.9 Å². The zero-order valence-corrected chi connectivity index (χ0v) is 15.7. The Morgan fingerprint density at radius 2 is 1.77 bits per heavy atom. The third-order valence-corrected chi connectivity index (χ3v) is 5.15. The van der Waals surface area contributed by atoms with Crippen molar-refractivity contribution in [3.05, 3.63) is 65.2 Å². The Labute approximate surface area is 153 Å². The molecule has 0 spiro atoms. The van der Waals surface area contributed by atoms with Crippen molar-refractivity contribution in [1.82, 2.24) is 10.0 Å². The largest absolute Gasteiger partial charge is 0.348 e. The molecule has 1 amide bonds. The summed E-state index contributed by atoms with van der Waals surface area (Å²) in [7, 11) is -3.64. The van der Waals surface area contributed by atoms with Crippen LogP contribution in [0.4, 0.5) is 0 Å². The van der Waals surface area contributed by atoms with Gasteiger partial charge in [-0.1, -0.05) is 12.1 Å². The molecule has 0 radical (unpaired) electrons. The first-order valence-electron chi connectivity index (χ1n) is 8.02. The SMILES string of the molecule is CC(C)(C)NS(=O)(=O)c1ccc(C(=O)NCc2cccc(C#N)c2)cc1. The second kappa shape index (κ2) is 7.68. The van der Waals surface area contributed by atoms with Crippen LogP contribution in [0.25, 0.3) is 0 Å². The third-order valence-electron chi connectivity index (χ3n) is 3.38. The van der Waals surface area contributed by atoms with Crippen molar-refractivity contribution in [2.75, 3.05) is 0 Å². The molecule has 2 rings (SSSR count). The van der Waals surface area contributed by atoms with Gasteiger partial charge >= 0.3 is 0 Å². The fourth-order valence-corrected chi connectivity index (χ4v) is 3.70. The molecule has 0 fully saturated rings. The summed E-state index contributed by atoms with van der Waals surface area (Å²) in [6.07, 6.45) is 0. The van der Waals surface area contributed by atoms with E-state index in [0.717, 1.165) is 5.56 Å². The smallest absolute Gasteiger partial charge is 0.251 e. The molecule has 7 heteroatoms. The fraction of sp³-hybridized carbons (Fsp3) is 0.263. The van der Waals surface area contributed by atoms with Crippen LogP contribution in [0.5, 0.6) is 0 Å². The van der Waals surface area contributed by atoms with E-state index in [2.05, 4.69) is 10.0 Å². The van der Waals surface area contributed by atoms with Crippen LogP contribution in [0.15, 0.2) is 53.4 Å². The van der Waals surface area contributed by atoms with E-state index < -0.39 is 15.6 Å². The molecule has 6 nitrogen and oxygen atoms in total. The summed E-state index contributed by atoms with van der Waals surface area (Å²) in [4.78, 5) is 12.3. The van der Waals surface area contributed by atoms with Crippen molar-refractivity contribution in [3.8, 4) is 6.07 Å². The monoisotopic (exact) mass is 371 g/mol. The van der Waals surface area contributed by atoms with Crippen molar-refractivity contribution in [2.45, 2.75) is 37.8 Å². The van der Waals surface area contributed by atoms with Crippen molar-refractivity contribution in [1.29, 1.82) is 5.26 Å². The number of nitrogens with zero attached hydrogens (tertiary/aromatic N) is 1. The maximum Gasteiger partial charge on any atom is 0.251 e. The zero-order valence-electron chi connectivity index (χ0n) is 14.9. The molecule has 2 N–H and O–H groups in total. The van der Waals surface area contributed by atoms with E-state index in [1.807, 2.05) is 12.1 Å². The number of hydrogen-bond acceptors (Lipinski definition) is 4. The van der Waals surface area contributed by atoms with Gasteiger partial charge in [-0.15, -0.1) is 0 Å². The number of sulfonamides is 1. The summed E-state index contributed by atoms with van der Waals surface area (Å²) in [5.41, 5.74) is 1.10. The topological polar surface area (TPSA) is 99.1 Å². The predicted molar refractivity (Wildman–Crippen MR) is 98.8 cm³/mol. The molecule has 0 aliphatic heterocycles. The second-order valence-corrected chi connectivity index (χ2v) is 8.56. The molecular formula is C19H21N3O3S. The van der Waals surface area contributed by atoms with Gasteiger partial charge in [-0.3, -0.25) is 4.79 Å². The van der Waals surface area contributed by atoms with Crippen LogP contribution in [0.1, 0.15) is 42.3 Å². The van der Waals surface area contributed by atoms with Crippen LogP contribution in [0.3, 0.4) is 0 Å². The van der Waals surface area contributed by atoms with Gasteiger partial charge in [0.2, 0.25) is 10.0 Å². The highest BCUT2D eigenvalue weighted by Gasteiger charge is 2.22. The van der Waals surface area contributed by atoms with Gasteiger partial charge in [0.05, 0.1) is 16.5 Å². The first kappa shape index (κ1) is 19.6. The maximum absolute atomic E-state index is 12.3. The first-order chi connectivity index (χ1) is 12.1. The molecule has 0 aliphatic rings. The minimum absolute atomic E-state index is 0.102. The normalized spacial score (nSPS) is 11.6. The Bertz CT molecular complexity index is 937. The summed E-state index contributed by atoms with van der Waals surface area (Å²) in [6, 6.07) is 14.8. The van der Waals surface area contributed by atoms with Gasteiger partial charge in [-0.05, 0) is 62.7 Å². The minimum atomic E-state index is -3.64. The van der Waals surface area contributed by atoms with Crippen molar-refractivity contribution in [2.24, 2.45) is 0 Å². The summed E-state index contributed by atoms with van der Waals surface area (Å²) < 4.78 is 27.1. The standard InChI is InChI=1S/C19H21N3O3S/c1-19(2,3)22-26(24,25)17-9-7-16(8-10-17)18(23)21-13-15-6-4-5-14(11-15)12-20/h4-11,22H,13H2,1-3H3,(H,21,23). The summed E-state index contributed by atoms with van der Waals surface area (Å²) in [5, 5.41) is 11.6. The van der Waals surface area contributed by atoms with E-state index in [1.165, 1.54) is 24.3 Å². The van der Waals surface area contributed by atoms with E-state index >= 15 is 0 Å². The number of hydrogen-bond donors (Lipinski definition) is 2. The van der Waals surface area contributed by atoms with Gasteiger partial charge in [0.25, 0.3) is 5.91 Å². The molecule has 0 atom stereocenters. The molecule has 0 aliphatic carbocycles. The Morgan fingerprint density at radius 3 is 2.35 bits per heavy atom. The van der Waals surface area contributed by atoms with Gasteiger partial charge in [0.1, 0.15) is 0 Å². The number of benzene rings is 2. The van der Waals surface area contributed by atoms with Crippen LogP contribution < -0.4 is 10.0 Å². The summed E-state index contributed by atoms with van der Waals surface area (Å²) in [6.45, 7) is 5.55. The lowest BCUT2D eigenvalue weighted by atomic mass is 10.1. The first-order valence-corrected chi connectivity index (χ1v) is 9.50. The Kier molecular flexibility index (Phi) is 5.80. The molecule has 0 saturated heterocycles. The summed E-state index contributed by atoms with van der Waals surface area (Å²) >= 11 is 0. The number of amides is 1. The van der Waals surface area contributed by atoms with Crippen LogP contribution in [0, 0.1) is 11.3 Å². The Balaban J connectivity index is 2.06. The zero-order chi connectivity index (χ0) is 19.4. The van der Waals surface area contributed by atoms with Crippen molar-refractivity contribution in [3.63, 3.8) is 0 Å². The van der Waals surface area contributed by atoms with Crippen LogP contribution in [-0.2, 0) is 16.6 Å². The maximum atomic E-state index is 12.3. The highest BCUT2D eigenvalue weighted by molar-refractivity contribution is 7.89. The lowest BCUT2D eigenvalue weighted by Crippen LogP contribution is -2.40. The summed E-state index contributed by atoms with van der Waals surface area (Å²) in [5.74, 6) is -0.319. The molecule has 2 aromatic carbocycles. The Morgan fingerprint density at radius 1 is 1.12 bits per heavy atom. The minimum Gasteiger partial charge on any atom is -0.348 e. The van der Waals surface area contributed by atoms with Gasteiger partial charge in [-0.25, -0.2) is 13.1 Å². The molecule has 136 valence electrons. The molecule has 0 heterocycles. The number of carbonyl (C=O) groups excluding carboxylic acids is 1. The molecule has 0 aromatic heterocycles. The van der Waals surface area contributed by atoms with E-state index in [0.29, 0.717) is 11.1 Å². The lowest BCUT2D eigenvalue weighted by Gasteiger charge is -2.20. The number of rotatable bonds is 5. The van der Waals surface area contributed by atoms with Crippen LogP contribution in [0.2, 0.25) is 0 Å².